The molecule has 0 amide bonds. The van der Waals surface area contributed by atoms with Gasteiger partial charge in [0.15, 0.2) is 0 Å². The average Bonchev–Trinajstić information content (AvgIpc) is 2.01. The van der Waals surface area contributed by atoms with E-state index in [2.05, 4.69) is 9.97 Å². The fourth-order valence-electron chi connectivity index (χ4n) is 0.975. The Morgan fingerprint density at radius 1 is 1.57 bits per heavy atom. The highest BCUT2D eigenvalue weighted by Gasteiger charge is 2.02. The highest BCUT2D eigenvalue weighted by atomic mass is 16.5. The third-order valence-electron chi connectivity index (χ3n) is 1.43. The molecule has 1 heterocycles. The summed E-state index contributed by atoms with van der Waals surface area (Å²) in [5.41, 5.74) is 5.96. The van der Waals surface area contributed by atoms with Crippen LogP contribution in [-0.4, -0.2) is 21.9 Å². The maximum atomic E-state index is 7.12. The number of hydrogen-bond donors (Lipinski definition) is 2. The van der Waals surface area contributed by atoms with E-state index in [0.29, 0.717) is 18.0 Å². The van der Waals surface area contributed by atoms with Gasteiger partial charge in [0.2, 0.25) is 5.88 Å². The van der Waals surface area contributed by atoms with Crippen LogP contribution < -0.4 is 10.5 Å². The first-order chi connectivity index (χ1) is 6.58. The van der Waals surface area contributed by atoms with Gasteiger partial charge in [0.25, 0.3) is 0 Å². The lowest BCUT2D eigenvalue weighted by molar-refractivity contribution is 0.232. The van der Waals surface area contributed by atoms with E-state index in [1.807, 2.05) is 13.8 Å². The number of nitrogens with one attached hydrogen (secondary N) is 1. The minimum atomic E-state index is 0.0788. The predicted octanol–water partition coefficient (Wildman–Crippen LogP) is 0.742. The van der Waals surface area contributed by atoms with Crippen LogP contribution in [0.15, 0.2) is 12.4 Å². The SMILES string of the molecule is CC(C)Oc1cc(CC(=N)N)ncn1. The van der Waals surface area contributed by atoms with Crippen LogP contribution in [0.5, 0.6) is 5.88 Å². The molecule has 14 heavy (non-hydrogen) atoms. The van der Waals surface area contributed by atoms with Gasteiger partial charge in [0, 0.05) is 12.5 Å². The first kappa shape index (κ1) is 10.4. The second kappa shape index (κ2) is 4.55. The van der Waals surface area contributed by atoms with Gasteiger partial charge in [-0.1, -0.05) is 0 Å². The predicted molar refractivity (Wildman–Crippen MR) is 53.4 cm³/mol. The zero-order valence-corrected chi connectivity index (χ0v) is 8.32. The van der Waals surface area contributed by atoms with Crippen molar-refractivity contribution in [1.82, 2.24) is 9.97 Å². The Morgan fingerprint density at radius 3 is 2.86 bits per heavy atom. The van der Waals surface area contributed by atoms with Crippen molar-refractivity contribution in [3.63, 3.8) is 0 Å². The Morgan fingerprint density at radius 2 is 2.29 bits per heavy atom. The molecule has 0 radical (unpaired) electrons. The molecule has 1 aromatic heterocycles. The number of ether oxygens (including phenoxy) is 1. The summed E-state index contributed by atoms with van der Waals surface area (Å²) in [5.74, 6) is 0.602. The van der Waals surface area contributed by atoms with Crippen molar-refractivity contribution in [1.29, 1.82) is 5.41 Å². The fraction of sp³-hybridized carbons (Fsp3) is 0.444. The van der Waals surface area contributed by atoms with Crippen molar-refractivity contribution in [2.45, 2.75) is 26.4 Å². The van der Waals surface area contributed by atoms with Gasteiger partial charge in [0.05, 0.1) is 17.6 Å². The zero-order valence-electron chi connectivity index (χ0n) is 8.32. The minimum Gasteiger partial charge on any atom is -0.475 e. The van der Waals surface area contributed by atoms with Gasteiger partial charge in [-0.15, -0.1) is 0 Å². The lowest BCUT2D eigenvalue weighted by atomic mass is 10.3. The lowest BCUT2D eigenvalue weighted by Crippen LogP contribution is -2.14. The number of nitrogens with zero attached hydrogens (tertiary/aromatic N) is 2. The van der Waals surface area contributed by atoms with Gasteiger partial charge in [-0.05, 0) is 13.8 Å². The molecule has 3 N–H and O–H groups in total. The topological polar surface area (TPSA) is 84.9 Å². The molecular formula is C9H14N4O. The summed E-state index contributed by atoms with van der Waals surface area (Å²) in [7, 11) is 0. The van der Waals surface area contributed by atoms with Gasteiger partial charge in [-0.3, -0.25) is 5.41 Å². The first-order valence-corrected chi connectivity index (χ1v) is 4.38. The summed E-state index contributed by atoms with van der Waals surface area (Å²) < 4.78 is 5.37. The van der Waals surface area contributed by atoms with E-state index in [-0.39, 0.29) is 11.9 Å². The zero-order chi connectivity index (χ0) is 10.6. The van der Waals surface area contributed by atoms with E-state index < -0.39 is 0 Å². The van der Waals surface area contributed by atoms with Crippen LogP contribution in [0.25, 0.3) is 0 Å². The molecule has 5 nitrogen and oxygen atoms in total. The third kappa shape index (κ3) is 3.38. The normalized spacial score (nSPS) is 10.2. The van der Waals surface area contributed by atoms with Crippen molar-refractivity contribution in [3.8, 4) is 5.88 Å². The number of hydrogen-bond acceptors (Lipinski definition) is 4. The molecule has 0 fully saturated rings. The average molecular weight is 194 g/mol. The van der Waals surface area contributed by atoms with E-state index >= 15 is 0 Å². The van der Waals surface area contributed by atoms with Gasteiger partial charge < -0.3 is 10.5 Å². The Hall–Kier alpha value is -1.65. The Bertz CT molecular complexity index is 324. The summed E-state index contributed by atoms with van der Waals surface area (Å²) in [4.78, 5) is 7.92. The quantitative estimate of drug-likeness (QED) is 0.547. The molecule has 0 aliphatic heterocycles. The molecular weight excluding hydrogens is 180 g/mol. The molecule has 0 saturated heterocycles. The van der Waals surface area contributed by atoms with Gasteiger partial charge in [-0.2, -0.15) is 0 Å². The van der Waals surface area contributed by atoms with Crippen LogP contribution in [0, 0.1) is 5.41 Å². The number of nitrogens with two attached hydrogens (primary N) is 1. The molecule has 5 heteroatoms. The lowest BCUT2D eigenvalue weighted by Gasteiger charge is -2.08. The summed E-state index contributed by atoms with van der Waals surface area (Å²) >= 11 is 0. The molecule has 0 aromatic carbocycles. The first-order valence-electron chi connectivity index (χ1n) is 4.38. The summed E-state index contributed by atoms with van der Waals surface area (Å²) in [6.07, 6.45) is 1.82. The molecule has 76 valence electrons. The maximum absolute atomic E-state index is 7.12. The standard InChI is InChI=1S/C9H14N4O/c1-6(2)14-9-4-7(3-8(10)11)12-5-13-9/h4-6H,3H2,1-2H3,(H3,10,11). The van der Waals surface area contributed by atoms with Crippen LogP contribution in [-0.2, 0) is 6.42 Å². The molecule has 1 aromatic rings. The van der Waals surface area contributed by atoms with Crippen molar-refractivity contribution < 1.29 is 4.74 Å². The van der Waals surface area contributed by atoms with Gasteiger partial charge in [0.1, 0.15) is 6.33 Å². The largest absolute Gasteiger partial charge is 0.475 e. The van der Waals surface area contributed by atoms with Crippen LogP contribution in [0.4, 0.5) is 0 Å². The second-order valence-electron chi connectivity index (χ2n) is 3.22. The fourth-order valence-corrected chi connectivity index (χ4v) is 0.975. The van der Waals surface area contributed by atoms with Crippen molar-refractivity contribution >= 4 is 5.84 Å². The van der Waals surface area contributed by atoms with E-state index in [0.717, 1.165) is 0 Å². The summed E-state index contributed by atoms with van der Waals surface area (Å²) in [6.45, 7) is 3.85. The molecule has 0 saturated carbocycles. The molecule has 0 spiro atoms. The van der Waals surface area contributed by atoms with Crippen molar-refractivity contribution in [2.24, 2.45) is 5.73 Å². The highest BCUT2D eigenvalue weighted by Crippen LogP contribution is 2.08. The Labute approximate surface area is 82.8 Å². The number of rotatable bonds is 4. The number of amidine groups is 1. The molecule has 0 aliphatic rings. The van der Waals surface area contributed by atoms with E-state index in [9.17, 15) is 0 Å². The highest BCUT2D eigenvalue weighted by molar-refractivity contribution is 5.78. The Kier molecular flexibility index (Phi) is 3.39. The van der Waals surface area contributed by atoms with Gasteiger partial charge >= 0.3 is 0 Å². The summed E-state index contributed by atoms with van der Waals surface area (Å²) in [5, 5.41) is 7.12. The minimum absolute atomic E-state index is 0.0788. The van der Waals surface area contributed by atoms with Gasteiger partial charge in [-0.25, -0.2) is 9.97 Å². The maximum Gasteiger partial charge on any atom is 0.216 e. The molecule has 1 rings (SSSR count). The molecule has 0 atom stereocenters. The molecule has 0 bridgehead atoms. The van der Waals surface area contributed by atoms with E-state index in [1.165, 1.54) is 6.33 Å². The van der Waals surface area contributed by atoms with Crippen molar-refractivity contribution in [2.75, 3.05) is 0 Å². The summed E-state index contributed by atoms with van der Waals surface area (Å²) in [6, 6.07) is 1.70. The van der Waals surface area contributed by atoms with Crippen LogP contribution in [0.3, 0.4) is 0 Å². The van der Waals surface area contributed by atoms with Crippen LogP contribution in [0.2, 0.25) is 0 Å². The van der Waals surface area contributed by atoms with E-state index in [4.69, 9.17) is 15.9 Å². The molecule has 0 unspecified atom stereocenters. The molecule has 0 aliphatic carbocycles. The second-order valence-corrected chi connectivity index (χ2v) is 3.22. The smallest absolute Gasteiger partial charge is 0.216 e. The Balaban J connectivity index is 2.73. The number of aromatic nitrogens is 2. The van der Waals surface area contributed by atoms with Crippen LogP contribution >= 0.6 is 0 Å². The third-order valence-corrected chi connectivity index (χ3v) is 1.43. The monoisotopic (exact) mass is 194 g/mol. The van der Waals surface area contributed by atoms with Crippen LogP contribution in [0.1, 0.15) is 19.5 Å². The van der Waals surface area contributed by atoms with Crippen molar-refractivity contribution in [3.05, 3.63) is 18.1 Å². The van der Waals surface area contributed by atoms with E-state index in [1.54, 1.807) is 6.07 Å².